The lowest BCUT2D eigenvalue weighted by atomic mass is 10.1. The van der Waals surface area contributed by atoms with Crippen LogP contribution in [0.5, 0.6) is 5.75 Å². The summed E-state index contributed by atoms with van der Waals surface area (Å²) in [4.78, 5) is 41.6. The number of hydrogen-bond acceptors (Lipinski definition) is 7. The number of aromatic nitrogens is 2. The number of benzene rings is 1. The Balaban J connectivity index is 2.06. The highest BCUT2D eigenvalue weighted by molar-refractivity contribution is 6.06. The number of rotatable bonds is 6. The fraction of sp³-hybridized carbons (Fsp3) is 0.238. The van der Waals surface area contributed by atoms with Gasteiger partial charge in [0.1, 0.15) is 5.69 Å². The molecular weight excluding hydrogens is 390 g/mol. The van der Waals surface area contributed by atoms with Crippen LogP contribution >= 0.6 is 0 Å². The molecule has 0 atom stereocenters. The van der Waals surface area contributed by atoms with Gasteiger partial charge in [0.05, 0.1) is 38.2 Å². The first-order chi connectivity index (χ1) is 14.4. The van der Waals surface area contributed by atoms with Gasteiger partial charge in [-0.05, 0) is 36.8 Å². The molecule has 0 radical (unpaired) electrons. The van der Waals surface area contributed by atoms with Crippen LogP contribution in [0, 0.1) is 0 Å². The molecular formula is C21H21N3O6. The predicted molar refractivity (Wildman–Crippen MR) is 108 cm³/mol. The first-order valence-corrected chi connectivity index (χ1v) is 9.10. The Morgan fingerprint density at radius 1 is 1.03 bits per heavy atom. The molecule has 1 aromatic carbocycles. The van der Waals surface area contributed by atoms with Gasteiger partial charge in [-0.25, -0.2) is 14.6 Å². The van der Waals surface area contributed by atoms with Gasteiger partial charge in [-0.2, -0.15) is 0 Å². The van der Waals surface area contributed by atoms with Gasteiger partial charge in [-0.3, -0.25) is 9.20 Å². The molecule has 0 unspecified atom stereocenters. The van der Waals surface area contributed by atoms with Crippen molar-refractivity contribution in [3.05, 3.63) is 59.0 Å². The molecule has 3 aromatic rings. The minimum Gasteiger partial charge on any atom is -0.493 e. The quantitative estimate of drug-likeness (QED) is 0.621. The van der Waals surface area contributed by atoms with Crippen molar-refractivity contribution in [2.45, 2.75) is 13.3 Å². The second-order valence-corrected chi connectivity index (χ2v) is 6.27. The number of nitrogens with one attached hydrogen (secondary N) is 1. The number of pyridine rings is 1. The maximum absolute atomic E-state index is 13.1. The van der Waals surface area contributed by atoms with Crippen LogP contribution in [0.2, 0.25) is 0 Å². The van der Waals surface area contributed by atoms with Crippen molar-refractivity contribution in [1.29, 1.82) is 0 Å². The van der Waals surface area contributed by atoms with E-state index in [1.807, 2.05) is 6.92 Å². The van der Waals surface area contributed by atoms with Gasteiger partial charge in [-0.1, -0.05) is 6.92 Å². The summed E-state index contributed by atoms with van der Waals surface area (Å²) in [6, 6.07) is 7.68. The fourth-order valence-electron chi connectivity index (χ4n) is 3.10. The molecule has 0 aliphatic heterocycles. The third-order valence-corrected chi connectivity index (χ3v) is 4.49. The molecule has 156 valence electrons. The number of aryl methyl sites for hydroxylation is 1. The summed E-state index contributed by atoms with van der Waals surface area (Å²) < 4.78 is 16.4. The zero-order chi connectivity index (χ0) is 21.8. The zero-order valence-corrected chi connectivity index (χ0v) is 17.0. The number of methoxy groups -OCH3 is 3. The topological polar surface area (TPSA) is 108 Å². The molecule has 0 aliphatic rings. The highest BCUT2D eigenvalue weighted by Gasteiger charge is 2.21. The average molecular weight is 411 g/mol. The number of fused-ring (bicyclic) bond motifs is 1. The van der Waals surface area contributed by atoms with Gasteiger partial charge in [0.2, 0.25) is 0 Å². The van der Waals surface area contributed by atoms with E-state index in [-0.39, 0.29) is 16.8 Å². The summed E-state index contributed by atoms with van der Waals surface area (Å²) in [6.07, 6.45) is 2.23. The second kappa shape index (κ2) is 8.64. The van der Waals surface area contributed by atoms with Gasteiger partial charge in [0, 0.05) is 11.9 Å². The highest BCUT2D eigenvalue weighted by atomic mass is 16.5. The van der Waals surface area contributed by atoms with Crippen LogP contribution in [0.3, 0.4) is 0 Å². The molecule has 9 heteroatoms. The van der Waals surface area contributed by atoms with E-state index in [4.69, 9.17) is 14.2 Å². The Kier molecular flexibility index (Phi) is 6.01. The molecule has 0 saturated heterocycles. The molecule has 30 heavy (non-hydrogen) atoms. The number of amides is 1. The van der Waals surface area contributed by atoms with Gasteiger partial charge in [0.15, 0.2) is 11.4 Å². The lowest BCUT2D eigenvalue weighted by molar-refractivity contribution is 0.0599. The van der Waals surface area contributed by atoms with Crippen LogP contribution in [-0.4, -0.2) is 48.6 Å². The van der Waals surface area contributed by atoms with E-state index in [1.54, 1.807) is 22.7 Å². The summed E-state index contributed by atoms with van der Waals surface area (Å²) in [5.74, 6) is -1.22. The monoisotopic (exact) mass is 411 g/mol. The molecule has 0 spiro atoms. The van der Waals surface area contributed by atoms with Crippen LogP contribution in [0.4, 0.5) is 5.69 Å². The molecule has 2 heterocycles. The fourth-order valence-corrected chi connectivity index (χ4v) is 3.10. The minimum absolute atomic E-state index is 0.103. The van der Waals surface area contributed by atoms with E-state index < -0.39 is 17.8 Å². The van der Waals surface area contributed by atoms with Crippen LogP contribution in [-0.2, 0) is 15.9 Å². The van der Waals surface area contributed by atoms with Crippen molar-refractivity contribution in [2.24, 2.45) is 0 Å². The number of carbonyl (C=O) groups excluding carboxylic acids is 3. The van der Waals surface area contributed by atoms with Gasteiger partial charge in [0.25, 0.3) is 5.91 Å². The maximum atomic E-state index is 13.1. The van der Waals surface area contributed by atoms with Gasteiger partial charge < -0.3 is 19.5 Å². The van der Waals surface area contributed by atoms with Crippen LogP contribution in [0.25, 0.3) is 5.65 Å². The smallest absolute Gasteiger partial charge is 0.337 e. The van der Waals surface area contributed by atoms with Crippen LogP contribution in [0.1, 0.15) is 43.8 Å². The molecule has 2 aromatic heterocycles. The van der Waals surface area contributed by atoms with Crippen LogP contribution in [0.15, 0.2) is 36.5 Å². The van der Waals surface area contributed by atoms with E-state index in [1.165, 1.54) is 39.5 Å². The van der Waals surface area contributed by atoms with Crippen LogP contribution < -0.4 is 10.1 Å². The molecule has 1 N–H and O–H groups in total. The Morgan fingerprint density at radius 2 is 1.67 bits per heavy atom. The summed E-state index contributed by atoms with van der Waals surface area (Å²) >= 11 is 0. The lowest BCUT2D eigenvalue weighted by Crippen LogP contribution is -2.17. The molecule has 9 nitrogen and oxygen atoms in total. The molecule has 0 aliphatic carbocycles. The SMILES string of the molecule is CCc1nc2c(OC)cccn2c1C(=O)Nc1cc(C(=O)OC)cc(C(=O)OC)c1. The first-order valence-electron chi connectivity index (χ1n) is 9.10. The third-order valence-electron chi connectivity index (χ3n) is 4.49. The highest BCUT2D eigenvalue weighted by Crippen LogP contribution is 2.24. The second-order valence-electron chi connectivity index (χ2n) is 6.27. The lowest BCUT2D eigenvalue weighted by Gasteiger charge is -2.10. The Labute approximate surface area is 172 Å². The summed E-state index contributed by atoms with van der Waals surface area (Å²) in [7, 11) is 3.98. The number of imidazole rings is 1. The van der Waals surface area contributed by atoms with Gasteiger partial charge >= 0.3 is 11.9 Å². The van der Waals surface area contributed by atoms with Crippen molar-refractivity contribution in [3.63, 3.8) is 0 Å². The van der Waals surface area contributed by atoms with Crippen molar-refractivity contribution < 1.29 is 28.6 Å². The number of carbonyl (C=O) groups is 3. The zero-order valence-electron chi connectivity index (χ0n) is 17.0. The van der Waals surface area contributed by atoms with E-state index in [0.717, 1.165) is 0 Å². The van der Waals surface area contributed by atoms with E-state index >= 15 is 0 Å². The van der Waals surface area contributed by atoms with E-state index in [0.29, 0.717) is 29.2 Å². The minimum atomic E-state index is -0.648. The van der Waals surface area contributed by atoms with Crippen molar-refractivity contribution in [1.82, 2.24) is 9.38 Å². The van der Waals surface area contributed by atoms with Crippen molar-refractivity contribution in [2.75, 3.05) is 26.6 Å². The Hall–Kier alpha value is -3.88. The normalized spacial score (nSPS) is 10.5. The third kappa shape index (κ3) is 3.82. The number of esters is 2. The van der Waals surface area contributed by atoms with E-state index in [2.05, 4.69) is 10.3 Å². The maximum Gasteiger partial charge on any atom is 0.337 e. The summed E-state index contributed by atoms with van der Waals surface area (Å²) in [6.45, 7) is 1.89. The predicted octanol–water partition coefficient (Wildman–Crippen LogP) is 2.73. The first kappa shape index (κ1) is 20.8. The molecule has 0 fully saturated rings. The average Bonchev–Trinajstić information content (AvgIpc) is 3.16. The van der Waals surface area contributed by atoms with Gasteiger partial charge in [-0.15, -0.1) is 0 Å². The summed E-state index contributed by atoms with van der Waals surface area (Å²) in [5, 5.41) is 2.73. The van der Waals surface area contributed by atoms with E-state index in [9.17, 15) is 14.4 Å². The Morgan fingerprint density at radius 3 is 2.20 bits per heavy atom. The number of nitrogens with zero attached hydrogens (tertiary/aromatic N) is 2. The standard InChI is InChI=1S/C21H21N3O6/c1-5-15-17(24-8-6-7-16(28-2)18(24)23-15)19(25)22-14-10-12(20(26)29-3)9-13(11-14)21(27)30-4/h6-11H,5H2,1-4H3,(H,22,25). The molecule has 0 saturated carbocycles. The Bertz CT molecular complexity index is 1100. The number of hydrogen-bond donors (Lipinski definition) is 1. The molecule has 0 bridgehead atoms. The molecule has 1 amide bonds. The van der Waals surface area contributed by atoms with Crippen molar-refractivity contribution in [3.8, 4) is 5.75 Å². The largest absolute Gasteiger partial charge is 0.493 e. The van der Waals surface area contributed by atoms with Crippen molar-refractivity contribution >= 4 is 29.2 Å². The molecule has 3 rings (SSSR count). The number of ether oxygens (including phenoxy) is 3. The summed E-state index contributed by atoms with van der Waals surface area (Å²) in [5.41, 5.74) is 1.87. The number of anilines is 1.